The maximum absolute atomic E-state index is 13.0. The molecular formula is C21H22N2O3S. The molecular weight excluding hydrogens is 360 g/mol. The van der Waals surface area contributed by atoms with Gasteiger partial charge in [0.15, 0.2) is 0 Å². The minimum absolute atomic E-state index is 0.0332. The van der Waals surface area contributed by atoms with Gasteiger partial charge in [-0.15, -0.1) is 11.3 Å². The number of hydrogen-bond acceptors (Lipinski definition) is 5. The van der Waals surface area contributed by atoms with Crippen LogP contribution in [0.4, 0.5) is 0 Å². The summed E-state index contributed by atoms with van der Waals surface area (Å²) >= 11 is 1.66. The third-order valence-electron chi connectivity index (χ3n) is 4.92. The summed E-state index contributed by atoms with van der Waals surface area (Å²) < 4.78 is 6.80. The van der Waals surface area contributed by atoms with Crippen molar-refractivity contribution in [1.82, 2.24) is 9.55 Å². The number of carbonyl (C=O) groups excluding carboxylic acids is 1. The molecule has 3 aromatic rings. The monoisotopic (exact) mass is 382 g/mol. The van der Waals surface area contributed by atoms with E-state index in [0.29, 0.717) is 18.7 Å². The highest BCUT2D eigenvalue weighted by molar-refractivity contribution is 7.18. The maximum atomic E-state index is 13.0. The lowest BCUT2D eigenvalue weighted by Gasteiger charge is -2.10. The normalized spacial score (nSPS) is 13.5. The third-order valence-corrected chi connectivity index (χ3v) is 6.12. The Morgan fingerprint density at radius 2 is 2.00 bits per heavy atom. The average molecular weight is 382 g/mol. The summed E-state index contributed by atoms with van der Waals surface area (Å²) in [5, 5.41) is 0.803. The van der Waals surface area contributed by atoms with Crippen LogP contribution in [0, 0.1) is 0 Å². The molecule has 140 valence electrons. The molecule has 0 N–H and O–H groups in total. The van der Waals surface area contributed by atoms with Crippen molar-refractivity contribution in [3.05, 3.63) is 62.5 Å². The molecule has 27 heavy (non-hydrogen) atoms. The minimum Gasteiger partial charge on any atom is -0.462 e. The average Bonchev–Trinajstić information content (AvgIpc) is 3.08. The lowest BCUT2D eigenvalue weighted by atomic mass is 9.97. The molecule has 0 spiro atoms. The molecule has 0 saturated carbocycles. The number of rotatable bonds is 5. The molecule has 1 aromatic carbocycles. The van der Waals surface area contributed by atoms with E-state index in [0.717, 1.165) is 41.5 Å². The quantitative estimate of drug-likeness (QED) is 0.627. The van der Waals surface area contributed by atoms with Gasteiger partial charge < -0.3 is 4.74 Å². The first-order valence-corrected chi connectivity index (χ1v) is 10.2. The predicted molar refractivity (Wildman–Crippen MR) is 107 cm³/mol. The lowest BCUT2D eigenvalue weighted by molar-refractivity contribution is 0.0505. The highest BCUT2D eigenvalue weighted by atomic mass is 32.1. The molecule has 4 rings (SSSR count). The Hall–Kier alpha value is -2.47. The summed E-state index contributed by atoms with van der Waals surface area (Å²) in [5.41, 5.74) is 2.72. The van der Waals surface area contributed by atoms with Gasteiger partial charge in [0.2, 0.25) is 0 Å². The van der Waals surface area contributed by atoms with Gasteiger partial charge >= 0.3 is 5.97 Å². The van der Waals surface area contributed by atoms with Crippen molar-refractivity contribution in [1.29, 1.82) is 0 Å². The van der Waals surface area contributed by atoms with Gasteiger partial charge in [-0.1, -0.05) is 19.1 Å². The second-order valence-electron chi connectivity index (χ2n) is 6.90. The van der Waals surface area contributed by atoms with Gasteiger partial charge in [0.25, 0.3) is 5.56 Å². The lowest BCUT2D eigenvalue weighted by Crippen LogP contribution is -2.21. The van der Waals surface area contributed by atoms with Crippen LogP contribution in [-0.4, -0.2) is 22.1 Å². The van der Waals surface area contributed by atoms with Gasteiger partial charge in [-0.2, -0.15) is 0 Å². The molecule has 2 aromatic heterocycles. The number of benzene rings is 1. The first kappa shape index (κ1) is 17.9. The zero-order chi connectivity index (χ0) is 18.8. The van der Waals surface area contributed by atoms with Gasteiger partial charge in [0.1, 0.15) is 4.83 Å². The van der Waals surface area contributed by atoms with Crippen LogP contribution in [0.1, 0.15) is 52.5 Å². The summed E-state index contributed by atoms with van der Waals surface area (Å²) in [6.45, 7) is 2.83. The summed E-state index contributed by atoms with van der Waals surface area (Å²) in [7, 11) is 0. The van der Waals surface area contributed by atoms with Crippen LogP contribution < -0.4 is 5.56 Å². The molecule has 5 nitrogen and oxygen atoms in total. The summed E-state index contributed by atoms with van der Waals surface area (Å²) in [4.78, 5) is 31.6. The summed E-state index contributed by atoms with van der Waals surface area (Å²) in [6, 6.07) is 7.22. The zero-order valence-corrected chi connectivity index (χ0v) is 16.2. The zero-order valence-electron chi connectivity index (χ0n) is 15.4. The van der Waals surface area contributed by atoms with Crippen molar-refractivity contribution < 1.29 is 9.53 Å². The Bertz CT molecular complexity index is 1030. The number of carbonyl (C=O) groups is 1. The van der Waals surface area contributed by atoms with Crippen LogP contribution in [-0.2, 0) is 24.1 Å². The molecule has 0 aliphatic heterocycles. The molecule has 2 heterocycles. The second kappa shape index (κ2) is 7.64. The van der Waals surface area contributed by atoms with Crippen LogP contribution in [0.2, 0.25) is 0 Å². The number of thiophene rings is 1. The van der Waals surface area contributed by atoms with E-state index < -0.39 is 0 Å². The van der Waals surface area contributed by atoms with E-state index in [-0.39, 0.29) is 11.5 Å². The van der Waals surface area contributed by atoms with Crippen LogP contribution in [0.5, 0.6) is 0 Å². The number of esters is 1. The molecule has 0 unspecified atom stereocenters. The number of nitrogens with zero attached hydrogens (tertiary/aromatic N) is 2. The smallest absolute Gasteiger partial charge is 0.338 e. The fourth-order valence-corrected chi connectivity index (χ4v) is 4.73. The fraction of sp³-hybridized carbons (Fsp3) is 0.381. The van der Waals surface area contributed by atoms with Gasteiger partial charge in [-0.05, 0) is 55.4 Å². The van der Waals surface area contributed by atoms with E-state index in [1.54, 1.807) is 34.4 Å². The Balaban J connectivity index is 1.59. The first-order valence-electron chi connectivity index (χ1n) is 9.43. The molecule has 0 saturated heterocycles. The molecule has 1 aliphatic carbocycles. The molecule has 0 atom stereocenters. The largest absolute Gasteiger partial charge is 0.462 e. The molecule has 0 bridgehead atoms. The second-order valence-corrected chi connectivity index (χ2v) is 7.99. The Morgan fingerprint density at radius 3 is 2.78 bits per heavy atom. The Morgan fingerprint density at radius 1 is 1.22 bits per heavy atom. The Kier molecular flexibility index (Phi) is 5.07. The molecule has 1 aliphatic rings. The standard InChI is InChI=1S/C21H22N2O3S/c1-2-11-26-21(25)15-9-7-14(8-10-15)12-23-13-22-19-18(20(23)24)16-5-3-4-6-17(16)27-19/h7-10,13H,2-6,11-12H2,1H3. The van der Waals surface area contributed by atoms with Crippen LogP contribution >= 0.6 is 11.3 Å². The minimum atomic E-state index is -0.312. The number of hydrogen-bond donors (Lipinski definition) is 0. The van der Waals surface area contributed by atoms with E-state index in [1.165, 1.54) is 16.9 Å². The van der Waals surface area contributed by atoms with Crippen molar-refractivity contribution in [2.24, 2.45) is 0 Å². The van der Waals surface area contributed by atoms with E-state index >= 15 is 0 Å². The highest BCUT2D eigenvalue weighted by Gasteiger charge is 2.20. The summed E-state index contributed by atoms with van der Waals surface area (Å²) in [6.07, 6.45) is 6.81. The number of aromatic nitrogens is 2. The van der Waals surface area contributed by atoms with Gasteiger partial charge in [-0.3, -0.25) is 9.36 Å². The topological polar surface area (TPSA) is 61.2 Å². The Labute approximate surface area is 161 Å². The van der Waals surface area contributed by atoms with E-state index in [4.69, 9.17) is 4.74 Å². The van der Waals surface area contributed by atoms with E-state index in [2.05, 4.69) is 4.98 Å². The van der Waals surface area contributed by atoms with Crippen molar-refractivity contribution >= 4 is 27.5 Å². The first-order chi connectivity index (χ1) is 13.2. The highest BCUT2D eigenvalue weighted by Crippen LogP contribution is 2.33. The van der Waals surface area contributed by atoms with Crippen molar-refractivity contribution in [2.75, 3.05) is 6.61 Å². The summed E-state index contributed by atoms with van der Waals surface area (Å²) in [5.74, 6) is -0.312. The van der Waals surface area contributed by atoms with Gasteiger partial charge in [0.05, 0.1) is 30.4 Å². The van der Waals surface area contributed by atoms with Crippen LogP contribution in [0.3, 0.4) is 0 Å². The van der Waals surface area contributed by atoms with E-state index in [9.17, 15) is 9.59 Å². The fourth-order valence-electron chi connectivity index (χ4n) is 3.51. The van der Waals surface area contributed by atoms with Crippen molar-refractivity contribution in [3.63, 3.8) is 0 Å². The van der Waals surface area contributed by atoms with E-state index in [1.807, 2.05) is 19.1 Å². The number of fused-ring (bicyclic) bond motifs is 3. The van der Waals surface area contributed by atoms with Crippen LogP contribution in [0.15, 0.2) is 35.4 Å². The van der Waals surface area contributed by atoms with Gasteiger partial charge in [0, 0.05) is 4.88 Å². The number of aryl methyl sites for hydroxylation is 2. The number of ether oxygens (including phenoxy) is 1. The van der Waals surface area contributed by atoms with Crippen molar-refractivity contribution in [3.8, 4) is 0 Å². The SMILES string of the molecule is CCCOC(=O)c1ccc(Cn2cnc3sc4c(c3c2=O)CCCC4)cc1. The molecule has 0 amide bonds. The predicted octanol–water partition coefficient (Wildman–Crippen LogP) is 3.95. The molecule has 0 fully saturated rings. The molecule has 6 heteroatoms. The maximum Gasteiger partial charge on any atom is 0.338 e. The third kappa shape index (κ3) is 3.54. The van der Waals surface area contributed by atoms with Crippen LogP contribution in [0.25, 0.3) is 10.2 Å². The molecule has 0 radical (unpaired) electrons. The van der Waals surface area contributed by atoms with Gasteiger partial charge in [-0.25, -0.2) is 9.78 Å². The van der Waals surface area contributed by atoms with Crippen molar-refractivity contribution in [2.45, 2.75) is 45.6 Å².